The van der Waals surface area contributed by atoms with Crippen LogP contribution < -0.4 is 27.1 Å². The quantitative estimate of drug-likeness (QED) is 0.0647. The number of benzene rings is 8. The van der Waals surface area contributed by atoms with Crippen LogP contribution in [0.25, 0.3) is 32.7 Å². The number of aryl methyl sites for hydroxylation is 4. The summed E-state index contributed by atoms with van der Waals surface area (Å²) in [7, 11) is -4.81. The van der Waals surface area contributed by atoms with E-state index in [-0.39, 0.29) is 22.6 Å². The molecule has 0 aliphatic heterocycles. The van der Waals surface area contributed by atoms with Gasteiger partial charge >= 0.3 is 29.1 Å². The zero-order valence-corrected chi connectivity index (χ0v) is 40.9. The lowest BCUT2D eigenvalue weighted by atomic mass is 9.88. The molecule has 0 aliphatic rings. The zero-order chi connectivity index (χ0) is 47.9. The van der Waals surface area contributed by atoms with Gasteiger partial charge < -0.3 is 36.6 Å². The molecule has 8 aromatic rings. The SMILES string of the molecule is Cc1ccccc1OP(Oc1ccccc1C)Oc1c(C(=O)OC(C)C)cc2ccccc2c1-c1c(OP(Oc2ccccc2C)Oc2ccccc2C)c(C(=O)OC(C)C)cc2ccccc12. The van der Waals surface area contributed by atoms with Crippen molar-refractivity contribution in [1.29, 1.82) is 0 Å². The molecule has 0 aromatic heterocycles. The molecule has 0 bridgehead atoms. The van der Waals surface area contributed by atoms with Crippen LogP contribution in [-0.2, 0) is 9.47 Å². The summed E-state index contributed by atoms with van der Waals surface area (Å²) < 4.78 is 53.0. The highest BCUT2D eigenvalue weighted by Crippen LogP contribution is 2.56. The van der Waals surface area contributed by atoms with Gasteiger partial charge in [0, 0.05) is 11.1 Å². The van der Waals surface area contributed by atoms with E-state index in [4.69, 9.17) is 36.6 Å². The summed E-state index contributed by atoms with van der Waals surface area (Å²) in [4.78, 5) is 29.4. The molecule has 0 spiro atoms. The second-order valence-corrected chi connectivity index (χ2v) is 18.7. The minimum Gasteiger partial charge on any atom is -0.459 e. The van der Waals surface area contributed by atoms with Crippen LogP contribution in [-0.4, -0.2) is 24.1 Å². The molecule has 0 atom stereocenters. The first-order chi connectivity index (χ1) is 32.8. The average Bonchev–Trinajstić information content (AvgIpc) is 3.31. The Morgan fingerprint density at radius 2 is 0.662 bits per heavy atom. The standard InChI is InChI=1S/C56H52O10P2/c1-35(2)59-55(57)45-33-41-25-13-15-27-43(41)51(53(45)65-67(61-47-29-17-9-21-37(47)5)62-48-30-18-10-22-38(48)6)52-44-28-16-14-26-42(44)34-46(56(58)60-36(3)4)54(52)66-68(63-49-31-19-11-23-39(49)7)64-50-32-20-12-24-40(50)8/h9-36H,1-8H3. The van der Waals surface area contributed by atoms with Crippen LogP contribution in [0, 0.1) is 27.7 Å². The molecule has 0 saturated heterocycles. The fourth-order valence-electron chi connectivity index (χ4n) is 7.42. The first-order valence-electron chi connectivity index (χ1n) is 22.3. The van der Waals surface area contributed by atoms with Gasteiger partial charge in [0.05, 0.1) is 12.2 Å². The van der Waals surface area contributed by atoms with Gasteiger partial charge in [0.1, 0.15) is 34.1 Å². The second-order valence-electron chi connectivity index (χ2n) is 16.7. The van der Waals surface area contributed by atoms with E-state index in [2.05, 4.69) is 0 Å². The number of hydrogen-bond donors (Lipinski definition) is 0. The van der Waals surface area contributed by atoms with Crippen LogP contribution >= 0.6 is 17.2 Å². The monoisotopic (exact) mass is 946 g/mol. The minimum atomic E-state index is -2.41. The van der Waals surface area contributed by atoms with E-state index in [1.807, 2.05) is 173 Å². The first-order valence-corrected chi connectivity index (χ1v) is 24.5. The second kappa shape index (κ2) is 21.2. The Balaban J connectivity index is 1.46. The van der Waals surface area contributed by atoms with E-state index < -0.39 is 41.4 Å². The third-order valence-electron chi connectivity index (χ3n) is 10.8. The van der Waals surface area contributed by atoms with Gasteiger partial charge in [0.15, 0.2) is 11.5 Å². The van der Waals surface area contributed by atoms with E-state index in [1.165, 1.54) is 0 Å². The smallest absolute Gasteiger partial charge is 0.459 e. The summed E-state index contributed by atoms with van der Waals surface area (Å²) in [5, 5.41) is 2.65. The largest absolute Gasteiger partial charge is 0.530 e. The Kier molecular flexibility index (Phi) is 14.8. The van der Waals surface area contributed by atoms with Crippen LogP contribution in [0.2, 0.25) is 0 Å². The molecule has 12 heteroatoms. The predicted molar refractivity (Wildman–Crippen MR) is 270 cm³/mol. The maximum Gasteiger partial charge on any atom is 0.530 e. The molecule has 346 valence electrons. The van der Waals surface area contributed by atoms with Gasteiger partial charge in [-0.3, -0.25) is 0 Å². The van der Waals surface area contributed by atoms with E-state index >= 15 is 0 Å². The number of para-hydroxylation sites is 4. The van der Waals surface area contributed by atoms with Crippen molar-refractivity contribution in [3.63, 3.8) is 0 Å². The molecule has 0 fully saturated rings. The van der Waals surface area contributed by atoms with Crippen molar-refractivity contribution < 1.29 is 46.2 Å². The normalized spacial score (nSPS) is 11.3. The average molecular weight is 947 g/mol. The Hall–Kier alpha value is -7.12. The summed E-state index contributed by atoms with van der Waals surface area (Å²) in [5.41, 5.74) is 4.30. The van der Waals surface area contributed by atoms with Crippen LogP contribution in [0.15, 0.2) is 158 Å². The molecule has 0 heterocycles. The molecule has 0 aliphatic carbocycles. The maximum absolute atomic E-state index is 14.7. The molecule has 0 amide bonds. The van der Waals surface area contributed by atoms with E-state index in [9.17, 15) is 9.59 Å². The number of carbonyl (C=O) groups excluding carboxylic acids is 2. The fraction of sp³-hybridized carbons (Fsp3) is 0.179. The molecule has 0 radical (unpaired) electrons. The van der Waals surface area contributed by atoms with Gasteiger partial charge in [-0.15, -0.1) is 0 Å². The number of hydrogen-bond acceptors (Lipinski definition) is 10. The molecule has 68 heavy (non-hydrogen) atoms. The first kappa shape index (κ1) is 47.4. The zero-order valence-electron chi connectivity index (χ0n) is 39.1. The van der Waals surface area contributed by atoms with Gasteiger partial charge in [0.25, 0.3) is 0 Å². The Morgan fingerprint density at radius 3 is 0.956 bits per heavy atom. The van der Waals surface area contributed by atoms with Gasteiger partial charge in [-0.25, -0.2) is 9.59 Å². The highest BCUT2D eigenvalue weighted by molar-refractivity contribution is 7.43. The Bertz CT molecular complexity index is 2810. The Labute approximate surface area is 399 Å². The van der Waals surface area contributed by atoms with Gasteiger partial charge in [-0.1, -0.05) is 121 Å². The van der Waals surface area contributed by atoms with Gasteiger partial charge in [-0.05, 0) is 136 Å². The van der Waals surface area contributed by atoms with E-state index in [0.29, 0.717) is 55.7 Å². The van der Waals surface area contributed by atoms with Crippen LogP contribution in [0.4, 0.5) is 0 Å². The molecule has 0 unspecified atom stereocenters. The number of ether oxygens (including phenoxy) is 2. The lowest BCUT2D eigenvalue weighted by Gasteiger charge is -2.26. The van der Waals surface area contributed by atoms with Crippen molar-refractivity contribution >= 4 is 50.7 Å². The van der Waals surface area contributed by atoms with Crippen molar-refractivity contribution in [3.8, 4) is 45.6 Å². The molecule has 8 aromatic carbocycles. The molecule has 8 rings (SSSR count). The van der Waals surface area contributed by atoms with Crippen molar-refractivity contribution in [2.45, 2.75) is 67.6 Å². The molecular weight excluding hydrogens is 895 g/mol. The molecule has 0 saturated carbocycles. The number of rotatable bonds is 17. The van der Waals surface area contributed by atoms with E-state index in [1.54, 1.807) is 39.8 Å². The summed E-state index contributed by atoms with van der Waals surface area (Å²) in [6.45, 7) is 14.8. The topological polar surface area (TPSA) is 108 Å². The summed E-state index contributed by atoms with van der Waals surface area (Å²) >= 11 is 0. The molecular formula is C56H52O10P2. The molecule has 10 nitrogen and oxygen atoms in total. The van der Waals surface area contributed by atoms with Crippen molar-refractivity contribution in [1.82, 2.24) is 0 Å². The minimum absolute atomic E-state index is 0.0657. The van der Waals surface area contributed by atoms with Crippen molar-refractivity contribution in [2.75, 3.05) is 0 Å². The maximum atomic E-state index is 14.7. The van der Waals surface area contributed by atoms with Crippen LogP contribution in [0.3, 0.4) is 0 Å². The van der Waals surface area contributed by atoms with Crippen molar-refractivity contribution in [2.24, 2.45) is 0 Å². The Morgan fingerprint density at radius 1 is 0.382 bits per heavy atom. The summed E-state index contributed by atoms with van der Waals surface area (Å²) in [6.07, 6.45) is -0.986. The summed E-state index contributed by atoms with van der Waals surface area (Å²) in [6, 6.07) is 48.9. The van der Waals surface area contributed by atoms with Crippen LogP contribution in [0.5, 0.6) is 34.5 Å². The molecule has 0 N–H and O–H groups in total. The van der Waals surface area contributed by atoms with Crippen molar-refractivity contribution in [3.05, 3.63) is 191 Å². The predicted octanol–water partition coefficient (Wildman–Crippen LogP) is 15.6. The lowest BCUT2D eigenvalue weighted by molar-refractivity contribution is 0.0364. The van der Waals surface area contributed by atoms with E-state index in [0.717, 1.165) is 22.3 Å². The lowest BCUT2D eigenvalue weighted by Crippen LogP contribution is -2.16. The highest BCUT2D eigenvalue weighted by Gasteiger charge is 2.35. The number of fused-ring (bicyclic) bond motifs is 2. The third-order valence-corrected chi connectivity index (χ3v) is 12.8. The number of esters is 2. The third kappa shape index (κ3) is 10.8. The highest BCUT2D eigenvalue weighted by atomic mass is 31.2. The number of carbonyl (C=O) groups is 2. The van der Waals surface area contributed by atoms with Gasteiger partial charge in [0.2, 0.25) is 0 Å². The van der Waals surface area contributed by atoms with Crippen LogP contribution in [0.1, 0.15) is 70.7 Å². The van der Waals surface area contributed by atoms with Gasteiger partial charge in [-0.2, -0.15) is 0 Å². The summed E-state index contributed by atoms with van der Waals surface area (Å²) in [5.74, 6) is 0.883. The fourth-order valence-corrected chi connectivity index (χ4v) is 9.78.